The smallest absolute Gasteiger partial charge is 0.110 e. The lowest BCUT2D eigenvalue weighted by Gasteiger charge is -2.14. The zero-order valence-corrected chi connectivity index (χ0v) is 14.0. The summed E-state index contributed by atoms with van der Waals surface area (Å²) >= 11 is 0. The molecule has 2 aromatic rings. The van der Waals surface area contributed by atoms with Crippen LogP contribution < -0.4 is 0 Å². The van der Waals surface area contributed by atoms with Gasteiger partial charge in [0.15, 0.2) is 0 Å². The third kappa shape index (κ3) is 3.40. The first kappa shape index (κ1) is 15.3. The molecule has 0 aromatic carbocycles. The highest BCUT2D eigenvalue weighted by Gasteiger charge is 2.26. The largest absolute Gasteiger partial charge is 0.346 e. The summed E-state index contributed by atoms with van der Waals surface area (Å²) in [4.78, 5) is 10.4. The van der Waals surface area contributed by atoms with E-state index in [1.807, 2.05) is 6.20 Å². The molecular weight excluding hydrogens is 274 g/mol. The summed E-state index contributed by atoms with van der Waals surface area (Å²) in [5.74, 6) is 1.69. The molecule has 0 radical (unpaired) electrons. The van der Waals surface area contributed by atoms with Gasteiger partial charge in [-0.2, -0.15) is 5.10 Å². The van der Waals surface area contributed by atoms with Crippen molar-refractivity contribution in [2.75, 3.05) is 13.1 Å². The molecule has 3 rings (SSSR count). The Morgan fingerprint density at radius 2 is 2.23 bits per heavy atom. The standard InChI is InChI=1S/C17H27N5/c1-4-5-7-22-12-16(14(3)20-22)11-21-8-6-15(10-21)17-18-9-13(2)19-17/h9,12,15H,4-8,10-11H2,1-3H3,(H,18,19). The molecule has 3 heterocycles. The predicted octanol–water partition coefficient (Wildman–Crippen LogP) is 3.01. The van der Waals surface area contributed by atoms with Crippen LogP contribution in [0.25, 0.3) is 0 Å². The molecule has 1 N–H and O–H groups in total. The summed E-state index contributed by atoms with van der Waals surface area (Å²) in [6, 6.07) is 0. The van der Waals surface area contributed by atoms with Gasteiger partial charge in [-0.25, -0.2) is 4.98 Å². The monoisotopic (exact) mass is 301 g/mol. The summed E-state index contributed by atoms with van der Waals surface area (Å²) in [6.07, 6.45) is 7.76. The van der Waals surface area contributed by atoms with Gasteiger partial charge in [-0.3, -0.25) is 9.58 Å². The van der Waals surface area contributed by atoms with Crippen LogP contribution in [0.15, 0.2) is 12.4 Å². The lowest BCUT2D eigenvalue weighted by atomic mass is 10.1. The maximum atomic E-state index is 4.64. The van der Waals surface area contributed by atoms with Crippen molar-refractivity contribution in [1.29, 1.82) is 0 Å². The fourth-order valence-corrected chi connectivity index (χ4v) is 3.23. The van der Waals surface area contributed by atoms with Gasteiger partial charge in [-0.05, 0) is 33.2 Å². The van der Waals surface area contributed by atoms with Crippen LogP contribution in [0, 0.1) is 13.8 Å². The first-order valence-corrected chi connectivity index (χ1v) is 8.42. The van der Waals surface area contributed by atoms with Crippen molar-refractivity contribution < 1.29 is 0 Å². The minimum Gasteiger partial charge on any atom is -0.346 e. The zero-order chi connectivity index (χ0) is 15.5. The molecule has 1 fully saturated rings. The SMILES string of the molecule is CCCCn1cc(CN2CCC(c3ncc(C)[nH]3)C2)c(C)n1. The molecule has 2 aromatic heterocycles. The molecule has 1 aliphatic heterocycles. The van der Waals surface area contributed by atoms with Crippen molar-refractivity contribution in [3.05, 3.63) is 35.2 Å². The lowest BCUT2D eigenvalue weighted by Crippen LogP contribution is -2.20. The fraction of sp³-hybridized carbons (Fsp3) is 0.647. The molecule has 0 bridgehead atoms. The molecule has 0 amide bonds. The zero-order valence-electron chi connectivity index (χ0n) is 14.0. The molecule has 0 saturated carbocycles. The minimum atomic E-state index is 0.546. The summed E-state index contributed by atoms with van der Waals surface area (Å²) in [6.45, 7) is 10.7. The van der Waals surface area contributed by atoms with E-state index in [1.54, 1.807) is 0 Å². The Kier molecular flexibility index (Phi) is 4.62. The molecule has 1 unspecified atom stereocenters. The average molecular weight is 301 g/mol. The Balaban J connectivity index is 1.59. The second-order valence-corrected chi connectivity index (χ2v) is 6.53. The fourth-order valence-electron chi connectivity index (χ4n) is 3.23. The molecule has 0 aliphatic carbocycles. The molecule has 120 valence electrons. The number of likely N-dealkylation sites (tertiary alicyclic amines) is 1. The van der Waals surface area contributed by atoms with Crippen LogP contribution >= 0.6 is 0 Å². The maximum Gasteiger partial charge on any atom is 0.110 e. The molecular formula is C17H27N5. The van der Waals surface area contributed by atoms with Gasteiger partial charge in [0.1, 0.15) is 5.82 Å². The number of nitrogens with one attached hydrogen (secondary N) is 1. The highest BCUT2D eigenvalue weighted by atomic mass is 15.3. The Hall–Kier alpha value is -1.62. The van der Waals surface area contributed by atoms with E-state index in [1.165, 1.54) is 30.5 Å². The second kappa shape index (κ2) is 6.65. The molecule has 1 saturated heterocycles. The number of imidazole rings is 1. The topological polar surface area (TPSA) is 49.7 Å². The van der Waals surface area contributed by atoms with Crippen molar-refractivity contribution in [3.63, 3.8) is 0 Å². The second-order valence-electron chi connectivity index (χ2n) is 6.53. The molecule has 0 spiro atoms. The van der Waals surface area contributed by atoms with E-state index in [2.05, 4.69) is 51.6 Å². The third-order valence-corrected chi connectivity index (χ3v) is 4.56. The average Bonchev–Trinajstić information content (AvgIpc) is 3.19. The lowest BCUT2D eigenvalue weighted by molar-refractivity contribution is 0.325. The van der Waals surface area contributed by atoms with E-state index in [0.29, 0.717) is 5.92 Å². The van der Waals surface area contributed by atoms with Gasteiger partial charge in [0, 0.05) is 49.2 Å². The Morgan fingerprint density at radius 1 is 1.36 bits per heavy atom. The number of hydrogen-bond donors (Lipinski definition) is 1. The number of aromatic nitrogens is 4. The van der Waals surface area contributed by atoms with E-state index in [9.17, 15) is 0 Å². The van der Waals surface area contributed by atoms with Crippen molar-refractivity contribution >= 4 is 0 Å². The van der Waals surface area contributed by atoms with Crippen LogP contribution in [0.1, 0.15) is 54.9 Å². The first-order chi connectivity index (χ1) is 10.7. The Bertz CT molecular complexity index is 612. The van der Waals surface area contributed by atoms with Gasteiger partial charge >= 0.3 is 0 Å². The molecule has 1 atom stereocenters. The maximum absolute atomic E-state index is 4.64. The number of rotatable bonds is 6. The molecule has 1 aliphatic rings. The first-order valence-electron chi connectivity index (χ1n) is 8.42. The number of hydrogen-bond acceptors (Lipinski definition) is 3. The highest BCUT2D eigenvalue weighted by Crippen LogP contribution is 2.26. The van der Waals surface area contributed by atoms with Crippen LogP contribution in [0.3, 0.4) is 0 Å². The van der Waals surface area contributed by atoms with Gasteiger partial charge in [0.05, 0.1) is 5.69 Å². The van der Waals surface area contributed by atoms with Crippen LogP contribution in [-0.4, -0.2) is 37.7 Å². The van der Waals surface area contributed by atoms with Gasteiger partial charge < -0.3 is 4.98 Å². The van der Waals surface area contributed by atoms with Gasteiger partial charge in [0.25, 0.3) is 0 Å². The van der Waals surface area contributed by atoms with E-state index >= 15 is 0 Å². The third-order valence-electron chi connectivity index (χ3n) is 4.56. The number of nitrogens with zero attached hydrogens (tertiary/aromatic N) is 4. The molecule has 22 heavy (non-hydrogen) atoms. The van der Waals surface area contributed by atoms with E-state index < -0.39 is 0 Å². The number of H-pyrrole nitrogens is 1. The van der Waals surface area contributed by atoms with Crippen molar-refractivity contribution in [3.8, 4) is 0 Å². The van der Waals surface area contributed by atoms with E-state index in [4.69, 9.17) is 0 Å². The van der Waals surface area contributed by atoms with Gasteiger partial charge in [-0.1, -0.05) is 13.3 Å². The van der Waals surface area contributed by atoms with Gasteiger partial charge in [0.2, 0.25) is 0 Å². The van der Waals surface area contributed by atoms with Crippen LogP contribution in [0.4, 0.5) is 0 Å². The van der Waals surface area contributed by atoms with E-state index in [-0.39, 0.29) is 0 Å². The number of aromatic amines is 1. The quantitative estimate of drug-likeness (QED) is 0.892. The summed E-state index contributed by atoms with van der Waals surface area (Å²) in [5, 5.41) is 4.64. The Labute approximate surface area is 132 Å². The Morgan fingerprint density at radius 3 is 2.95 bits per heavy atom. The summed E-state index contributed by atoms with van der Waals surface area (Å²) < 4.78 is 2.11. The van der Waals surface area contributed by atoms with Crippen molar-refractivity contribution in [2.24, 2.45) is 0 Å². The normalized spacial score (nSPS) is 19.1. The van der Waals surface area contributed by atoms with Gasteiger partial charge in [-0.15, -0.1) is 0 Å². The van der Waals surface area contributed by atoms with Crippen molar-refractivity contribution in [1.82, 2.24) is 24.6 Å². The number of aryl methyl sites for hydroxylation is 3. The van der Waals surface area contributed by atoms with Crippen molar-refractivity contribution in [2.45, 2.75) is 59.0 Å². The van der Waals surface area contributed by atoms with Crippen LogP contribution in [0.5, 0.6) is 0 Å². The minimum absolute atomic E-state index is 0.546. The molecule has 5 heteroatoms. The summed E-state index contributed by atoms with van der Waals surface area (Å²) in [7, 11) is 0. The number of unbranched alkanes of at least 4 members (excludes halogenated alkanes) is 1. The summed E-state index contributed by atoms with van der Waals surface area (Å²) in [5.41, 5.74) is 3.70. The molecule has 5 nitrogen and oxygen atoms in total. The predicted molar refractivity (Wildman–Crippen MR) is 87.8 cm³/mol. The van der Waals surface area contributed by atoms with E-state index in [0.717, 1.165) is 37.7 Å². The highest BCUT2D eigenvalue weighted by molar-refractivity contribution is 5.16. The van der Waals surface area contributed by atoms with Crippen LogP contribution in [0.2, 0.25) is 0 Å². The van der Waals surface area contributed by atoms with Crippen LogP contribution in [-0.2, 0) is 13.1 Å².